The van der Waals surface area contributed by atoms with Gasteiger partial charge in [-0.1, -0.05) is 27.7 Å². The van der Waals surface area contributed by atoms with Crippen LogP contribution in [0.15, 0.2) is 0 Å². The first kappa shape index (κ1) is 16.0. The third kappa shape index (κ3) is 3.48. The number of carbonyl (C=O) groups is 2. The zero-order valence-corrected chi connectivity index (χ0v) is 12.6. The molecule has 1 aliphatic heterocycles. The van der Waals surface area contributed by atoms with Crippen molar-refractivity contribution in [3.05, 3.63) is 0 Å². The van der Waals surface area contributed by atoms with E-state index in [1.165, 1.54) is 0 Å². The van der Waals surface area contributed by atoms with Crippen molar-refractivity contribution in [1.82, 2.24) is 4.90 Å². The number of carboxylic acids is 1. The highest BCUT2D eigenvalue weighted by Gasteiger charge is 2.39. The van der Waals surface area contributed by atoms with Gasteiger partial charge in [0.15, 0.2) is 0 Å². The van der Waals surface area contributed by atoms with Gasteiger partial charge in [-0.05, 0) is 31.1 Å². The Bertz CT molecular complexity index is 336. The average molecular weight is 269 g/mol. The first-order valence-corrected chi connectivity index (χ1v) is 7.37. The first-order valence-electron chi connectivity index (χ1n) is 7.37. The van der Waals surface area contributed by atoms with Crippen molar-refractivity contribution < 1.29 is 14.7 Å². The normalized spacial score (nSPS) is 24.3. The molecule has 1 aliphatic rings. The number of carboxylic acid groups (broad SMARTS) is 1. The van der Waals surface area contributed by atoms with Crippen LogP contribution in [0.25, 0.3) is 0 Å². The van der Waals surface area contributed by atoms with E-state index in [-0.39, 0.29) is 12.3 Å². The number of piperidine rings is 1. The third-order valence-corrected chi connectivity index (χ3v) is 4.98. The predicted octanol–water partition coefficient (Wildman–Crippen LogP) is 2.77. The van der Waals surface area contributed by atoms with Crippen LogP contribution in [0.3, 0.4) is 0 Å². The van der Waals surface area contributed by atoms with Gasteiger partial charge in [-0.25, -0.2) is 0 Å². The maximum absolute atomic E-state index is 12.4. The molecule has 0 saturated carbocycles. The molecule has 1 rings (SSSR count). The number of aliphatic carboxylic acids is 1. The molecule has 0 aromatic rings. The second kappa shape index (κ2) is 6.40. The lowest BCUT2D eigenvalue weighted by atomic mass is 9.78. The van der Waals surface area contributed by atoms with Crippen molar-refractivity contribution in [1.29, 1.82) is 0 Å². The third-order valence-electron chi connectivity index (χ3n) is 4.98. The number of hydrogen-bond donors (Lipinski definition) is 1. The molecule has 0 aromatic carbocycles. The molecule has 4 heteroatoms. The number of nitrogens with zero attached hydrogens (tertiary/aromatic N) is 1. The van der Waals surface area contributed by atoms with Gasteiger partial charge >= 0.3 is 5.97 Å². The lowest BCUT2D eigenvalue weighted by molar-refractivity contribution is -0.155. The minimum atomic E-state index is -0.886. The Morgan fingerprint density at radius 3 is 2.21 bits per heavy atom. The highest BCUT2D eigenvalue weighted by atomic mass is 16.4. The lowest BCUT2D eigenvalue weighted by Gasteiger charge is -2.37. The van der Waals surface area contributed by atoms with Gasteiger partial charge in [-0.2, -0.15) is 0 Å². The highest BCUT2D eigenvalue weighted by Crippen LogP contribution is 2.33. The van der Waals surface area contributed by atoms with Crippen molar-refractivity contribution in [3.8, 4) is 0 Å². The van der Waals surface area contributed by atoms with E-state index in [1.54, 1.807) is 0 Å². The Morgan fingerprint density at radius 2 is 1.79 bits per heavy atom. The van der Waals surface area contributed by atoms with Gasteiger partial charge in [0.05, 0.1) is 5.41 Å². The van der Waals surface area contributed by atoms with Gasteiger partial charge in [0.25, 0.3) is 0 Å². The Hall–Kier alpha value is -1.06. The summed E-state index contributed by atoms with van der Waals surface area (Å²) in [6.45, 7) is 9.62. The second-order valence-corrected chi connectivity index (χ2v) is 6.05. The summed E-state index contributed by atoms with van der Waals surface area (Å²) >= 11 is 0. The number of hydrogen-bond acceptors (Lipinski definition) is 2. The van der Waals surface area contributed by atoms with Crippen LogP contribution in [-0.4, -0.2) is 35.0 Å². The SMILES string of the molecule is CCC(CC)(CC(=O)N1CCC(C)C(C)C1)C(=O)O. The minimum absolute atomic E-state index is 0.00449. The highest BCUT2D eigenvalue weighted by molar-refractivity contribution is 5.85. The zero-order valence-electron chi connectivity index (χ0n) is 12.6. The summed E-state index contributed by atoms with van der Waals surface area (Å²) in [5.41, 5.74) is -0.886. The molecular weight excluding hydrogens is 242 g/mol. The molecule has 1 saturated heterocycles. The van der Waals surface area contributed by atoms with Gasteiger partial charge < -0.3 is 10.0 Å². The van der Waals surface area contributed by atoms with E-state index in [1.807, 2.05) is 18.7 Å². The number of carbonyl (C=O) groups excluding carboxylic acids is 1. The molecule has 0 bridgehead atoms. The standard InChI is InChI=1S/C15H27NO3/c1-5-15(6-2,14(18)19)9-13(17)16-8-7-11(3)12(4)10-16/h11-12H,5-10H2,1-4H3,(H,18,19). The fourth-order valence-corrected chi connectivity index (χ4v) is 2.77. The number of likely N-dealkylation sites (tertiary alicyclic amines) is 1. The van der Waals surface area contributed by atoms with E-state index in [9.17, 15) is 14.7 Å². The predicted molar refractivity (Wildman–Crippen MR) is 74.8 cm³/mol. The smallest absolute Gasteiger partial charge is 0.310 e. The summed E-state index contributed by atoms with van der Waals surface area (Å²) in [4.78, 5) is 25.7. The molecule has 0 aliphatic carbocycles. The van der Waals surface area contributed by atoms with Crippen molar-refractivity contribution >= 4 is 11.9 Å². The number of rotatable bonds is 5. The lowest BCUT2D eigenvalue weighted by Crippen LogP contribution is -2.45. The topological polar surface area (TPSA) is 57.6 Å². The van der Waals surface area contributed by atoms with Crippen LogP contribution >= 0.6 is 0 Å². The summed E-state index contributed by atoms with van der Waals surface area (Å²) in [5, 5.41) is 9.39. The molecule has 4 nitrogen and oxygen atoms in total. The van der Waals surface area contributed by atoms with Crippen LogP contribution in [0.4, 0.5) is 0 Å². The monoisotopic (exact) mass is 269 g/mol. The molecule has 2 unspecified atom stereocenters. The molecule has 0 radical (unpaired) electrons. The van der Waals surface area contributed by atoms with Crippen molar-refractivity contribution in [3.63, 3.8) is 0 Å². The summed E-state index contributed by atoms with van der Waals surface area (Å²) in [5.74, 6) is 0.305. The van der Waals surface area contributed by atoms with Crippen molar-refractivity contribution in [2.24, 2.45) is 17.3 Å². The Labute approximate surface area is 116 Å². The molecule has 1 fully saturated rings. The largest absolute Gasteiger partial charge is 0.481 e. The van der Waals surface area contributed by atoms with Crippen LogP contribution in [0.5, 0.6) is 0 Å². The molecular formula is C15H27NO3. The summed E-state index contributed by atoms with van der Waals surface area (Å²) in [6.07, 6.45) is 2.16. The van der Waals surface area contributed by atoms with Crippen molar-refractivity contribution in [2.75, 3.05) is 13.1 Å². The minimum Gasteiger partial charge on any atom is -0.481 e. The number of amides is 1. The Balaban J connectivity index is 2.70. The van der Waals surface area contributed by atoms with Gasteiger partial charge in [0, 0.05) is 19.5 Å². The molecule has 1 N–H and O–H groups in total. The molecule has 110 valence electrons. The van der Waals surface area contributed by atoms with Crippen LogP contribution in [0, 0.1) is 17.3 Å². The molecule has 19 heavy (non-hydrogen) atoms. The second-order valence-electron chi connectivity index (χ2n) is 6.05. The fourth-order valence-electron chi connectivity index (χ4n) is 2.77. The Kier molecular flexibility index (Phi) is 5.39. The summed E-state index contributed by atoms with van der Waals surface area (Å²) in [6, 6.07) is 0. The van der Waals surface area contributed by atoms with E-state index >= 15 is 0 Å². The Morgan fingerprint density at radius 1 is 1.21 bits per heavy atom. The molecule has 0 aromatic heterocycles. The maximum atomic E-state index is 12.4. The van der Waals surface area contributed by atoms with E-state index in [2.05, 4.69) is 13.8 Å². The quantitative estimate of drug-likeness (QED) is 0.835. The fraction of sp³-hybridized carbons (Fsp3) is 0.867. The van der Waals surface area contributed by atoms with Crippen molar-refractivity contribution in [2.45, 2.75) is 53.4 Å². The van der Waals surface area contributed by atoms with Crippen LogP contribution in [-0.2, 0) is 9.59 Å². The van der Waals surface area contributed by atoms with E-state index < -0.39 is 11.4 Å². The zero-order chi connectivity index (χ0) is 14.6. The van der Waals surface area contributed by atoms with Crippen LogP contribution < -0.4 is 0 Å². The molecule has 2 atom stereocenters. The van der Waals surface area contributed by atoms with Gasteiger partial charge in [0.1, 0.15) is 0 Å². The van der Waals surface area contributed by atoms with Crippen LogP contribution in [0.1, 0.15) is 53.4 Å². The van der Waals surface area contributed by atoms with E-state index in [0.717, 1.165) is 19.5 Å². The van der Waals surface area contributed by atoms with Gasteiger partial charge in [-0.3, -0.25) is 9.59 Å². The molecule has 0 spiro atoms. The van der Waals surface area contributed by atoms with Gasteiger partial charge in [-0.15, -0.1) is 0 Å². The summed E-state index contributed by atoms with van der Waals surface area (Å²) in [7, 11) is 0. The maximum Gasteiger partial charge on any atom is 0.310 e. The average Bonchev–Trinajstić information content (AvgIpc) is 2.38. The van der Waals surface area contributed by atoms with Crippen LogP contribution in [0.2, 0.25) is 0 Å². The summed E-state index contributed by atoms with van der Waals surface area (Å²) < 4.78 is 0. The van der Waals surface area contributed by atoms with E-state index in [4.69, 9.17) is 0 Å². The molecule has 1 amide bonds. The first-order chi connectivity index (χ1) is 8.86. The van der Waals surface area contributed by atoms with E-state index in [0.29, 0.717) is 24.7 Å². The molecule has 1 heterocycles. The van der Waals surface area contributed by atoms with Gasteiger partial charge in [0.2, 0.25) is 5.91 Å².